The van der Waals surface area contributed by atoms with E-state index in [1.165, 1.54) is 83.4 Å². The van der Waals surface area contributed by atoms with Crippen molar-refractivity contribution in [3.8, 4) is 55.6 Å². The Balaban J connectivity index is 1.15. The van der Waals surface area contributed by atoms with E-state index < -0.39 is 0 Å². The van der Waals surface area contributed by atoms with Gasteiger partial charge in [0.25, 0.3) is 0 Å². The van der Waals surface area contributed by atoms with Crippen LogP contribution in [0.4, 0.5) is 17.1 Å². The summed E-state index contributed by atoms with van der Waals surface area (Å²) in [7, 11) is 0. The van der Waals surface area contributed by atoms with Gasteiger partial charge < -0.3 is 9.32 Å². The van der Waals surface area contributed by atoms with Crippen LogP contribution in [0.1, 0.15) is 0 Å². The maximum atomic E-state index is 6.43. The first-order valence-electron chi connectivity index (χ1n) is 19.7. The van der Waals surface area contributed by atoms with Gasteiger partial charge in [-0.2, -0.15) is 0 Å². The number of hydrogen-bond acceptors (Lipinski definition) is 2. The second-order valence-electron chi connectivity index (χ2n) is 15.2. The lowest BCUT2D eigenvalue weighted by Gasteiger charge is -2.36. The molecule has 0 aliphatic carbocycles. The van der Waals surface area contributed by atoms with Crippen molar-refractivity contribution in [1.29, 1.82) is 0 Å². The normalized spacial score (nSPS) is 12.5. The molecule has 0 radical (unpaired) electrons. The molecule has 3 heterocycles. The van der Waals surface area contributed by atoms with Crippen LogP contribution in [0.25, 0.3) is 77.6 Å². The molecule has 0 N–H and O–H groups in total. The molecule has 2 aliphatic heterocycles. The zero-order valence-corrected chi connectivity index (χ0v) is 31.1. The van der Waals surface area contributed by atoms with Crippen LogP contribution in [0.5, 0.6) is 0 Å². The van der Waals surface area contributed by atoms with Crippen LogP contribution in [0.15, 0.2) is 211 Å². The molecule has 264 valence electrons. The van der Waals surface area contributed by atoms with Crippen molar-refractivity contribution < 1.29 is 4.42 Å². The third-order valence-corrected chi connectivity index (χ3v) is 12.1. The molecular weight excluding hydrogens is 689 g/mol. The van der Waals surface area contributed by atoms with Crippen LogP contribution in [0, 0.1) is 0 Å². The van der Waals surface area contributed by atoms with E-state index in [2.05, 4.69) is 205 Å². The molecule has 3 heteroatoms. The maximum absolute atomic E-state index is 6.43. The Labute approximate surface area is 332 Å². The minimum absolute atomic E-state index is 0.0618. The molecule has 2 aliphatic rings. The largest absolute Gasteiger partial charge is 0.456 e. The van der Waals surface area contributed by atoms with Gasteiger partial charge in [-0.15, -0.1) is 0 Å². The Morgan fingerprint density at radius 1 is 0.351 bits per heavy atom. The fourth-order valence-electron chi connectivity index (χ4n) is 9.50. The first kappa shape index (κ1) is 31.9. The smallest absolute Gasteiger partial charge is 0.248 e. The molecule has 0 bridgehead atoms. The number of anilines is 3. The molecule has 0 atom stereocenters. The average molecular weight is 724 g/mol. The Kier molecular flexibility index (Phi) is 7.06. The zero-order valence-electron chi connectivity index (χ0n) is 31.1. The van der Waals surface area contributed by atoms with E-state index in [0.717, 1.165) is 27.6 Å². The van der Waals surface area contributed by atoms with Crippen molar-refractivity contribution in [2.24, 2.45) is 0 Å². The lowest BCUT2D eigenvalue weighted by atomic mass is 9.37. The van der Waals surface area contributed by atoms with E-state index in [-0.39, 0.29) is 6.71 Å². The predicted octanol–water partition coefficient (Wildman–Crippen LogP) is 12.5. The van der Waals surface area contributed by atoms with Gasteiger partial charge in [-0.1, -0.05) is 169 Å². The zero-order chi connectivity index (χ0) is 37.5. The first-order valence-corrected chi connectivity index (χ1v) is 19.7. The summed E-state index contributed by atoms with van der Waals surface area (Å²) in [6.07, 6.45) is 0. The Bertz CT molecular complexity index is 3170. The minimum Gasteiger partial charge on any atom is -0.456 e. The summed E-state index contributed by atoms with van der Waals surface area (Å²) in [4.78, 5) is 2.51. The molecule has 0 fully saturated rings. The highest BCUT2D eigenvalue weighted by Crippen LogP contribution is 2.46. The molecule has 57 heavy (non-hydrogen) atoms. The highest BCUT2D eigenvalue weighted by atomic mass is 16.3. The Morgan fingerprint density at radius 3 is 1.65 bits per heavy atom. The van der Waals surface area contributed by atoms with Gasteiger partial charge >= 0.3 is 0 Å². The molecule has 0 unspecified atom stereocenters. The van der Waals surface area contributed by atoms with E-state index >= 15 is 0 Å². The van der Waals surface area contributed by atoms with E-state index in [9.17, 15) is 0 Å². The number of hydrogen-bond donors (Lipinski definition) is 0. The summed E-state index contributed by atoms with van der Waals surface area (Å²) in [6.45, 7) is 0.0618. The van der Waals surface area contributed by atoms with E-state index in [0.29, 0.717) is 0 Å². The summed E-state index contributed by atoms with van der Waals surface area (Å²) in [5.41, 5.74) is 21.6. The minimum atomic E-state index is 0.0618. The quantitative estimate of drug-likeness (QED) is 0.164. The lowest BCUT2D eigenvalue weighted by molar-refractivity contribution is 0.669. The number of para-hydroxylation sites is 1. The molecule has 12 rings (SSSR count). The molecule has 0 saturated carbocycles. The third-order valence-electron chi connectivity index (χ3n) is 12.1. The number of furan rings is 1. The topological polar surface area (TPSA) is 16.4 Å². The van der Waals surface area contributed by atoms with E-state index in [1.54, 1.807) is 0 Å². The Morgan fingerprint density at radius 2 is 0.930 bits per heavy atom. The predicted molar refractivity (Wildman–Crippen MR) is 240 cm³/mol. The van der Waals surface area contributed by atoms with Crippen molar-refractivity contribution in [2.75, 3.05) is 4.90 Å². The van der Waals surface area contributed by atoms with Crippen molar-refractivity contribution >= 4 is 62.1 Å². The van der Waals surface area contributed by atoms with Crippen LogP contribution in [-0.4, -0.2) is 6.71 Å². The number of benzene rings is 9. The average Bonchev–Trinajstić information content (AvgIpc) is 3.84. The molecule has 2 nitrogen and oxygen atoms in total. The summed E-state index contributed by atoms with van der Waals surface area (Å²) in [5.74, 6) is 0. The fraction of sp³-hybridized carbons (Fsp3) is 0. The number of rotatable bonds is 5. The van der Waals surface area contributed by atoms with Gasteiger partial charge in [-0.3, -0.25) is 0 Å². The van der Waals surface area contributed by atoms with Crippen LogP contribution in [0.2, 0.25) is 0 Å². The summed E-state index contributed by atoms with van der Waals surface area (Å²) in [6, 6.07) is 75.3. The van der Waals surface area contributed by atoms with E-state index in [1.807, 2.05) is 6.07 Å². The fourth-order valence-corrected chi connectivity index (χ4v) is 9.50. The maximum Gasteiger partial charge on any atom is 0.248 e. The molecular formula is C54H34BNO. The molecule has 9 aromatic carbocycles. The molecule has 0 saturated heterocycles. The third kappa shape index (κ3) is 4.99. The standard InChI is InChI=1S/C54H34BNO/c1-4-13-35(14-5-1)38-23-27-42(28-24-38)56-49-30-26-40(37-17-8-3-9-18-37)33-48(49)55-47-32-39(36-15-6-2-7-16-36)25-29-44(47)46-31-41(34-50(56)54(46)55)43-20-12-22-52-53(43)45-19-10-11-21-51(45)57-52/h1-34H. The van der Waals surface area contributed by atoms with Crippen LogP contribution in [0.3, 0.4) is 0 Å². The van der Waals surface area contributed by atoms with Crippen molar-refractivity contribution in [1.82, 2.24) is 0 Å². The SMILES string of the molecule is c1ccc(-c2ccc(N3c4ccc(-c5ccccc5)cc4B4c5cc(-c6ccccc6)ccc5-c5cc(-c6cccc7oc8ccccc8c67)cc3c54)cc2)cc1. The molecule has 0 amide bonds. The monoisotopic (exact) mass is 723 g/mol. The molecule has 1 aromatic heterocycles. The van der Waals surface area contributed by atoms with Gasteiger partial charge in [0.2, 0.25) is 6.71 Å². The van der Waals surface area contributed by atoms with Gasteiger partial charge in [-0.05, 0) is 109 Å². The highest BCUT2D eigenvalue weighted by molar-refractivity contribution is 7.01. The van der Waals surface area contributed by atoms with Gasteiger partial charge in [0.1, 0.15) is 11.2 Å². The Hall–Kier alpha value is -7.36. The summed E-state index contributed by atoms with van der Waals surface area (Å²) < 4.78 is 6.43. The van der Waals surface area contributed by atoms with Crippen molar-refractivity contribution in [2.45, 2.75) is 0 Å². The van der Waals surface area contributed by atoms with Crippen molar-refractivity contribution in [3.63, 3.8) is 0 Å². The van der Waals surface area contributed by atoms with Gasteiger partial charge in [0, 0.05) is 27.8 Å². The molecule has 0 spiro atoms. The van der Waals surface area contributed by atoms with Gasteiger partial charge in [-0.25, -0.2) is 0 Å². The van der Waals surface area contributed by atoms with Gasteiger partial charge in [0.15, 0.2) is 0 Å². The highest BCUT2D eigenvalue weighted by Gasteiger charge is 2.43. The number of nitrogens with zero attached hydrogens (tertiary/aromatic N) is 1. The van der Waals surface area contributed by atoms with Crippen LogP contribution >= 0.6 is 0 Å². The van der Waals surface area contributed by atoms with E-state index in [4.69, 9.17) is 4.42 Å². The first-order chi connectivity index (χ1) is 28.3. The lowest BCUT2D eigenvalue weighted by Crippen LogP contribution is -2.54. The van der Waals surface area contributed by atoms with Crippen molar-refractivity contribution in [3.05, 3.63) is 206 Å². The summed E-state index contributed by atoms with van der Waals surface area (Å²) >= 11 is 0. The molecule has 10 aromatic rings. The number of fused-ring (bicyclic) bond motifs is 8. The summed E-state index contributed by atoms with van der Waals surface area (Å²) in [5, 5.41) is 2.28. The second kappa shape index (κ2) is 12.6. The van der Waals surface area contributed by atoms with Crippen LogP contribution < -0.4 is 21.3 Å². The van der Waals surface area contributed by atoms with Gasteiger partial charge in [0.05, 0.1) is 0 Å². The van der Waals surface area contributed by atoms with Crippen LogP contribution in [-0.2, 0) is 0 Å². The second-order valence-corrected chi connectivity index (χ2v) is 15.2.